The van der Waals surface area contributed by atoms with E-state index in [-0.39, 0.29) is 10.6 Å². The van der Waals surface area contributed by atoms with Gasteiger partial charge in [-0.05, 0) is 48.9 Å². The van der Waals surface area contributed by atoms with Crippen LogP contribution in [0.25, 0.3) is 6.08 Å². The number of carbonyl (C=O) groups excluding carboxylic acids is 2. The highest BCUT2D eigenvalue weighted by Crippen LogP contribution is 2.17. The molecule has 0 spiro atoms. The van der Waals surface area contributed by atoms with E-state index in [9.17, 15) is 14.0 Å². The number of hydrogen-bond donors (Lipinski definition) is 1. The number of ether oxygens (including phenoxy) is 1. The molecule has 1 amide bonds. The van der Waals surface area contributed by atoms with Crippen LogP contribution < -0.4 is 5.32 Å². The zero-order valence-electron chi connectivity index (χ0n) is 12.9. The minimum atomic E-state index is -0.647. The molecule has 4 nitrogen and oxygen atoms in total. The topological polar surface area (TPSA) is 55.4 Å². The van der Waals surface area contributed by atoms with Crippen LogP contribution in [-0.2, 0) is 9.53 Å². The number of anilines is 1. The minimum absolute atomic E-state index is 0.131. The molecule has 2 rings (SSSR count). The van der Waals surface area contributed by atoms with Crippen LogP contribution in [0.3, 0.4) is 0 Å². The van der Waals surface area contributed by atoms with Crippen molar-refractivity contribution in [1.29, 1.82) is 0 Å². The standard InChI is InChI=1S/C18H15ClFNO3/c1-2-24-17(22)10-5-12-3-7-14(8-4-12)21-18(23)15-11-13(19)6-9-16(15)20/h3-11H,2H2,1H3,(H,21,23)/b10-5+. The van der Waals surface area contributed by atoms with Crippen LogP contribution in [0.4, 0.5) is 10.1 Å². The van der Waals surface area contributed by atoms with Gasteiger partial charge in [-0.1, -0.05) is 23.7 Å². The zero-order chi connectivity index (χ0) is 17.5. The van der Waals surface area contributed by atoms with Crippen molar-refractivity contribution in [2.24, 2.45) is 0 Å². The van der Waals surface area contributed by atoms with Crippen LogP contribution in [-0.4, -0.2) is 18.5 Å². The first-order chi connectivity index (χ1) is 11.5. The molecule has 124 valence electrons. The Bertz CT molecular complexity index is 772. The van der Waals surface area contributed by atoms with E-state index in [0.29, 0.717) is 12.3 Å². The lowest BCUT2D eigenvalue weighted by molar-refractivity contribution is -0.137. The minimum Gasteiger partial charge on any atom is -0.463 e. The molecule has 0 radical (unpaired) electrons. The van der Waals surface area contributed by atoms with E-state index in [4.69, 9.17) is 16.3 Å². The molecule has 0 saturated heterocycles. The monoisotopic (exact) mass is 347 g/mol. The number of esters is 1. The van der Waals surface area contributed by atoms with Gasteiger partial charge in [0.25, 0.3) is 5.91 Å². The molecule has 0 unspecified atom stereocenters. The van der Waals surface area contributed by atoms with Gasteiger partial charge in [0.05, 0.1) is 12.2 Å². The summed E-state index contributed by atoms with van der Waals surface area (Å²) in [5, 5.41) is 2.86. The third-order valence-corrected chi connectivity index (χ3v) is 3.28. The van der Waals surface area contributed by atoms with Crippen molar-refractivity contribution in [3.63, 3.8) is 0 Å². The van der Waals surface area contributed by atoms with Crippen molar-refractivity contribution in [1.82, 2.24) is 0 Å². The average Bonchev–Trinajstić information content (AvgIpc) is 2.56. The Morgan fingerprint density at radius 3 is 2.58 bits per heavy atom. The average molecular weight is 348 g/mol. The Kier molecular flexibility index (Phi) is 6.09. The van der Waals surface area contributed by atoms with Crippen molar-refractivity contribution in [3.8, 4) is 0 Å². The van der Waals surface area contributed by atoms with Crippen molar-refractivity contribution in [3.05, 3.63) is 70.5 Å². The maximum absolute atomic E-state index is 13.7. The summed E-state index contributed by atoms with van der Waals surface area (Å²) in [4.78, 5) is 23.3. The molecule has 2 aromatic carbocycles. The van der Waals surface area contributed by atoms with Crippen molar-refractivity contribution in [2.75, 3.05) is 11.9 Å². The third kappa shape index (κ3) is 4.93. The van der Waals surface area contributed by atoms with E-state index in [1.54, 1.807) is 37.3 Å². The van der Waals surface area contributed by atoms with Gasteiger partial charge < -0.3 is 10.1 Å². The number of benzene rings is 2. The molecule has 6 heteroatoms. The molecule has 0 saturated carbocycles. The SMILES string of the molecule is CCOC(=O)/C=C/c1ccc(NC(=O)c2cc(Cl)ccc2F)cc1. The molecule has 0 bridgehead atoms. The molecule has 0 aliphatic rings. The Balaban J connectivity index is 2.05. The highest BCUT2D eigenvalue weighted by molar-refractivity contribution is 6.31. The fraction of sp³-hybridized carbons (Fsp3) is 0.111. The smallest absolute Gasteiger partial charge is 0.330 e. The van der Waals surface area contributed by atoms with Crippen molar-refractivity contribution < 1.29 is 18.7 Å². The predicted molar refractivity (Wildman–Crippen MR) is 91.5 cm³/mol. The molecule has 0 heterocycles. The van der Waals surface area contributed by atoms with Gasteiger partial charge in [-0.25, -0.2) is 9.18 Å². The van der Waals surface area contributed by atoms with Crippen LogP contribution in [0, 0.1) is 5.82 Å². The van der Waals surface area contributed by atoms with E-state index >= 15 is 0 Å². The first kappa shape index (κ1) is 17.7. The van der Waals surface area contributed by atoms with E-state index in [1.165, 1.54) is 18.2 Å². The van der Waals surface area contributed by atoms with Gasteiger partial charge in [0, 0.05) is 16.8 Å². The Morgan fingerprint density at radius 2 is 1.92 bits per heavy atom. The van der Waals surface area contributed by atoms with Gasteiger partial charge in [0.15, 0.2) is 0 Å². The van der Waals surface area contributed by atoms with Gasteiger partial charge in [0.2, 0.25) is 0 Å². The summed E-state index contributed by atoms with van der Waals surface area (Å²) in [5.41, 5.74) is 1.12. The quantitative estimate of drug-likeness (QED) is 0.647. The van der Waals surface area contributed by atoms with Crippen molar-refractivity contribution in [2.45, 2.75) is 6.92 Å². The molecule has 0 aliphatic carbocycles. The summed E-state index contributed by atoms with van der Waals surface area (Å²) < 4.78 is 18.4. The van der Waals surface area contributed by atoms with Crippen LogP contribution in [0.1, 0.15) is 22.8 Å². The summed E-state index contributed by atoms with van der Waals surface area (Å²) in [6, 6.07) is 10.5. The largest absolute Gasteiger partial charge is 0.463 e. The Hall–Kier alpha value is -2.66. The van der Waals surface area contributed by atoms with E-state index in [2.05, 4.69) is 5.32 Å². The highest BCUT2D eigenvalue weighted by Gasteiger charge is 2.12. The molecule has 2 aromatic rings. The molecular weight excluding hydrogens is 333 g/mol. The number of halogens is 2. The third-order valence-electron chi connectivity index (χ3n) is 3.04. The summed E-state index contributed by atoms with van der Waals surface area (Å²) >= 11 is 5.78. The van der Waals surface area contributed by atoms with Gasteiger partial charge in [-0.3, -0.25) is 4.79 Å². The molecule has 0 aromatic heterocycles. The first-order valence-corrected chi connectivity index (χ1v) is 7.58. The molecular formula is C18H15ClFNO3. The van der Waals surface area contributed by atoms with Crippen LogP contribution >= 0.6 is 11.6 Å². The van der Waals surface area contributed by atoms with Gasteiger partial charge >= 0.3 is 5.97 Å². The molecule has 0 atom stereocenters. The lowest BCUT2D eigenvalue weighted by Crippen LogP contribution is -2.13. The lowest BCUT2D eigenvalue weighted by Gasteiger charge is -2.07. The second kappa shape index (κ2) is 8.26. The van der Waals surface area contributed by atoms with Crippen LogP contribution in [0.2, 0.25) is 5.02 Å². The molecule has 24 heavy (non-hydrogen) atoms. The number of amides is 1. The maximum atomic E-state index is 13.7. The van der Waals surface area contributed by atoms with Crippen molar-refractivity contribution >= 4 is 35.2 Å². The number of nitrogens with one attached hydrogen (secondary N) is 1. The maximum Gasteiger partial charge on any atom is 0.330 e. The van der Waals surface area contributed by atoms with E-state index in [0.717, 1.165) is 11.6 Å². The van der Waals surface area contributed by atoms with Crippen LogP contribution in [0.5, 0.6) is 0 Å². The number of carbonyl (C=O) groups is 2. The van der Waals surface area contributed by atoms with E-state index in [1.807, 2.05) is 0 Å². The highest BCUT2D eigenvalue weighted by atomic mass is 35.5. The second-order valence-corrected chi connectivity index (χ2v) is 5.22. The summed E-state index contributed by atoms with van der Waals surface area (Å²) in [6.45, 7) is 2.04. The lowest BCUT2D eigenvalue weighted by atomic mass is 10.1. The Labute approximate surface area is 143 Å². The fourth-order valence-corrected chi connectivity index (χ4v) is 2.07. The predicted octanol–water partition coefficient (Wildman–Crippen LogP) is 4.31. The number of hydrogen-bond acceptors (Lipinski definition) is 3. The van der Waals surface area contributed by atoms with Gasteiger partial charge in [0.1, 0.15) is 5.82 Å². The van der Waals surface area contributed by atoms with E-state index < -0.39 is 17.7 Å². The van der Waals surface area contributed by atoms with Gasteiger partial charge in [-0.15, -0.1) is 0 Å². The first-order valence-electron chi connectivity index (χ1n) is 7.21. The summed E-state index contributed by atoms with van der Waals surface area (Å²) in [6.07, 6.45) is 2.92. The second-order valence-electron chi connectivity index (χ2n) is 4.79. The molecule has 1 N–H and O–H groups in total. The normalized spacial score (nSPS) is 10.6. The van der Waals surface area contributed by atoms with Gasteiger partial charge in [-0.2, -0.15) is 0 Å². The number of rotatable bonds is 5. The summed E-state index contributed by atoms with van der Waals surface area (Å²) in [7, 11) is 0. The summed E-state index contributed by atoms with van der Waals surface area (Å²) in [5.74, 6) is -1.66. The molecule has 0 aliphatic heterocycles. The zero-order valence-corrected chi connectivity index (χ0v) is 13.6. The Morgan fingerprint density at radius 1 is 1.21 bits per heavy atom. The molecule has 0 fully saturated rings. The van der Waals surface area contributed by atoms with Crippen LogP contribution in [0.15, 0.2) is 48.5 Å². The fourth-order valence-electron chi connectivity index (χ4n) is 1.90.